The summed E-state index contributed by atoms with van der Waals surface area (Å²) in [5.41, 5.74) is 1.14. The normalized spacial score (nSPS) is 13.9. The van der Waals surface area contributed by atoms with Crippen LogP contribution in [0.15, 0.2) is 48.2 Å². The van der Waals surface area contributed by atoms with Crippen LogP contribution in [0.1, 0.15) is 11.3 Å². The van der Waals surface area contributed by atoms with E-state index in [1.807, 2.05) is 6.07 Å². The van der Waals surface area contributed by atoms with E-state index < -0.39 is 29.9 Å². The molecule has 0 unspecified atom stereocenters. The number of halogens is 4. The van der Waals surface area contributed by atoms with Crippen molar-refractivity contribution in [2.24, 2.45) is 0 Å². The van der Waals surface area contributed by atoms with Crippen LogP contribution < -0.4 is 15.8 Å². The van der Waals surface area contributed by atoms with E-state index in [1.165, 1.54) is 36.9 Å². The fourth-order valence-corrected chi connectivity index (χ4v) is 3.35. The molecule has 168 valence electrons. The minimum atomic E-state index is -4.87. The first-order chi connectivity index (χ1) is 15.7. The van der Waals surface area contributed by atoms with Gasteiger partial charge >= 0.3 is 6.18 Å². The van der Waals surface area contributed by atoms with Crippen molar-refractivity contribution >= 4 is 28.9 Å². The third-order valence-electron chi connectivity index (χ3n) is 4.60. The summed E-state index contributed by atoms with van der Waals surface area (Å²) in [6.07, 6.45) is 0.407. The Morgan fingerprint density at radius 2 is 2.00 bits per heavy atom. The summed E-state index contributed by atoms with van der Waals surface area (Å²) in [4.78, 5) is 21.9. The molecule has 4 rings (SSSR count). The fourth-order valence-electron chi connectivity index (χ4n) is 3.15. The average molecular weight is 476 g/mol. The van der Waals surface area contributed by atoms with Crippen LogP contribution in [0, 0.1) is 18.3 Å². The monoisotopic (exact) mass is 475 g/mol. The van der Waals surface area contributed by atoms with Gasteiger partial charge in [0.25, 0.3) is 5.91 Å². The van der Waals surface area contributed by atoms with Crippen molar-refractivity contribution in [3.05, 3.63) is 64.5 Å². The molecule has 10 nitrogen and oxygen atoms in total. The first kappa shape index (κ1) is 22.2. The maximum absolute atomic E-state index is 14.0. The first-order valence-corrected chi connectivity index (χ1v) is 9.61. The molecular weight excluding hydrogens is 463 g/mol. The van der Waals surface area contributed by atoms with Gasteiger partial charge in [-0.25, -0.2) is 10.4 Å². The molecule has 0 atom stereocenters. The van der Waals surface area contributed by atoms with E-state index >= 15 is 0 Å². The molecule has 2 N–H and O–H groups in total. The Balaban J connectivity index is 1.68. The lowest BCUT2D eigenvalue weighted by atomic mass is 10.1. The van der Waals surface area contributed by atoms with E-state index in [1.54, 1.807) is 6.92 Å². The number of aryl methyl sites for hydroxylation is 1. The molecule has 1 amide bonds. The number of rotatable bonds is 4. The predicted molar refractivity (Wildman–Crippen MR) is 110 cm³/mol. The maximum Gasteiger partial charge on any atom is 0.433 e. The van der Waals surface area contributed by atoms with Crippen molar-refractivity contribution in [1.82, 2.24) is 30.4 Å². The van der Waals surface area contributed by atoms with Crippen LogP contribution in [-0.4, -0.2) is 43.6 Å². The molecule has 0 aliphatic carbocycles. The van der Waals surface area contributed by atoms with Gasteiger partial charge in [0, 0.05) is 12.7 Å². The second-order valence-corrected chi connectivity index (χ2v) is 7.08. The maximum atomic E-state index is 14.0. The number of hydrogen-bond acceptors (Lipinski definition) is 8. The molecule has 0 radical (unpaired) electrons. The van der Waals surface area contributed by atoms with E-state index in [9.17, 15) is 23.2 Å². The molecule has 3 aromatic rings. The molecule has 14 heteroatoms. The van der Waals surface area contributed by atoms with Gasteiger partial charge in [0.1, 0.15) is 17.3 Å². The molecule has 0 fully saturated rings. The molecule has 0 saturated heterocycles. The second-order valence-electron chi connectivity index (χ2n) is 6.70. The Labute approximate surface area is 189 Å². The molecule has 0 bridgehead atoms. The van der Waals surface area contributed by atoms with Gasteiger partial charge in [-0.05, 0) is 19.1 Å². The second kappa shape index (κ2) is 8.49. The molecule has 1 aliphatic rings. The van der Waals surface area contributed by atoms with E-state index in [-0.39, 0.29) is 27.8 Å². The number of carbonyl (C=O) groups excluding carboxylic acids is 1. The standard InChI is InChI=1S/C19H13ClF3N9O/c1-10-15(20)14(2-3-25-10)31-16(19(21,22)23)13(9-29-31)18(33)30-12-6-11(7-24)17(26-8-12)32-27-4-5-28-32/h2-6,8,29H,9H2,1H3,(H,30,33). The number of amides is 1. The molecule has 0 spiro atoms. The van der Waals surface area contributed by atoms with Crippen LogP contribution in [0.2, 0.25) is 5.02 Å². The van der Waals surface area contributed by atoms with E-state index in [4.69, 9.17) is 11.6 Å². The molecule has 33 heavy (non-hydrogen) atoms. The average Bonchev–Trinajstić information content (AvgIpc) is 3.45. The first-order valence-electron chi connectivity index (χ1n) is 9.24. The van der Waals surface area contributed by atoms with Crippen molar-refractivity contribution in [2.75, 3.05) is 16.9 Å². The SMILES string of the molecule is Cc1nccc(N2NCC(C(=O)Nc3cnc(-n4nccn4)c(C#N)c3)=C2C(F)(F)F)c1Cl. The summed E-state index contributed by atoms with van der Waals surface area (Å²) in [6.45, 7) is 1.14. The summed E-state index contributed by atoms with van der Waals surface area (Å²) < 4.78 is 41.9. The summed E-state index contributed by atoms with van der Waals surface area (Å²) in [6, 6.07) is 4.46. The number of nitriles is 1. The van der Waals surface area contributed by atoms with Gasteiger partial charge in [0.2, 0.25) is 0 Å². The number of allylic oxidation sites excluding steroid dienone is 1. The number of hydrogen-bond donors (Lipinski definition) is 2. The number of alkyl halides is 3. The number of nitrogens with zero attached hydrogens (tertiary/aromatic N) is 7. The molecular formula is C19H13ClF3N9O. The van der Waals surface area contributed by atoms with E-state index in [0.717, 1.165) is 9.81 Å². The van der Waals surface area contributed by atoms with Crippen molar-refractivity contribution < 1.29 is 18.0 Å². The van der Waals surface area contributed by atoms with Crippen LogP contribution in [-0.2, 0) is 4.79 Å². The van der Waals surface area contributed by atoms with Crippen molar-refractivity contribution in [3.8, 4) is 11.9 Å². The zero-order valence-electron chi connectivity index (χ0n) is 16.7. The van der Waals surface area contributed by atoms with Gasteiger partial charge in [0.15, 0.2) is 5.82 Å². The summed E-state index contributed by atoms with van der Waals surface area (Å²) in [5.74, 6) is -0.915. The lowest BCUT2D eigenvalue weighted by molar-refractivity contribution is -0.114. The third-order valence-corrected chi connectivity index (χ3v) is 5.07. The predicted octanol–water partition coefficient (Wildman–Crippen LogP) is 2.67. The molecule has 0 aromatic carbocycles. The highest BCUT2D eigenvalue weighted by atomic mass is 35.5. The lowest BCUT2D eigenvalue weighted by Crippen LogP contribution is -2.37. The number of hydrazine groups is 1. The summed E-state index contributed by atoms with van der Waals surface area (Å²) in [5, 5.41) is 20.2. The van der Waals surface area contributed by atoms with Gasteiger partial charge < -0.3 is 5.32 Å². The van der Waals surface area contributed by atoms with Crippen LogP contribution in [0.3, 0.4) is 0 Å². The highest BCUT2D eigenvalue weighted by Crippen LogP contribution is 2.39. The molecule has 0 saturated carbocycles. The largest absolute Gasteiger partial charge is 0.433 e. The molecule has 1 aliphatic heterocycles. The smallest absolute Gasteiger partial charge is 0.321 e. The number of anilines is 2. The Bertz CT molecular complexity index is 1300. The van der Waals surface area contributed by atoms with Crippen LogP contribution in [0.5, 0.6) is 0 Å². The van der Waals surface area contributed by atoms with Crippen molar-refractivity contribution in [2.45, 2.75) is 13.1 Å². The van der Waals surface area contributed by atoms with E-state index in [0.29, 0.717) is 5.69 Å². The minimum Gasteiger partial charge on any atom is -0.321 e. The molecule has 4 heterocycles. The summed E-state index contributed by atoms with van der Waals surface area (Å²) in [7, 11) is 0. The van der Waals surface area contributed by atoms with Crippen molar-refractivity contribution in [1.29, 1.82) is 5.26 Å². The van der Waals surface area contributed by atoms with Gasteiger partial charge in [-0.2, -0.15) is 28.6 Å². The lowest BCUT2D eigenvalue weighted by Gasteiger charge is -2.25. The minimum absolute atomic E-state index is 0.00352. The molecule has 3 aromatic heterocycles. The Hall–Kier alpha value is -4.02. The Kier molecular flexibility index (Phi) is 5.71. The van der Waals surface area contributed by atoms with Crippen LogP contribution in [0.4, 0.5) is 24.5 Å². The van der Waals surface area contributed by atoms with Gasteiger partial charge in [0.05, 0.1) is 46.3 Å². The van der Waals surface area contributed by atoms with Gasteiger partial charge in [-0.15, -0.1) is 4.80 Å². The quantitative estimate of drug-likeness (QED) is 0.590. The van der Waals surface area contributed by atoms with E-state index in [2.05, 4.69) is 30.9 Å². The topological polar surface area (TPSA) is 125 Å². The van der Waals surface area contributed by atoms with Gasteiger partial charge in [-0.3, -0.25) is 14.8 Å². The van der Waals surface area contributed by atoms with Crippen LogP contribution in [0.25, 0.3) is 5.82 Å². The fraction of sp³-hybridized carbons (Fsp3) is 0.158. The van der Waals surface area contributed by atoms with Gasteiger partial charge in [-0.1, -0.05) is 11.6 Å². The number of carbonyl (C=O) groups is 1. The Morgan fingerprint density at radius 1 is 1.27 bits per heavy atom. The highest BCUT2D eigenvalue weighted by Gasteiger charge is 2.46. The summed E-state index contributed by atoms with van der Waals surface area (Å²) >= 11 is 6.15. The van der Waals surface area contributed by atoms with Crippen LogP contribution >= 0.6 is 11.6 Å². The van der Waals surface area contributed by atoms with Crippen molar-refractivity contribution in [3.63, 3.8) is 0 Å². The zero-order chi connectivity index (χ0) is 23.8. The number of aromatic nitrogens is 5. The third kappa shape index (κ3) is 4.21. The number of pyridine rings is 2. The zero-order valence-corrected chi connectivity index (χ0v) is 17.5. The Morgan fingerprint density at radius 3 is 2.67 bits per heavy atom. The number of nitrogens with one attached hydrogen (secondary N) is 2. The highest BCUT2D eigenvalue weighted by molar-refractivity contribution is 6.34.